The Kier molecular flexibility index (Phi) is 3.20. The molecular formula is C17H12N4O2. The highest BCUT2D eigenvalue weighted by Crippen LogP contribution is 2.27. The van der Waals surface area contributed by atoms with Crippen LogP contribution in [0.1, 0.15) is 5.89 Å². The first kappa shape index (κ1) is 13.4. The summed E-state index contributed by atoms with van der Waals surface area (Å²) in [7, 11) is 0. The Morgan fingerprint density at radius 2 is 1.78 bits per heavy atom. The van der Waals surface area contributed by atoms with E-state index in [1.54, 1.807) is 6.92 Å². The number of rotatable bonds is 3. The molecule has 0 fully saturated rings. The SMILES string of the molecule is Cc1nc(-c2ccc(Oc3ncnc4ccccc34)cc2)no1. The van der Waals surface area contributed by atoms with Gasteiger partial charge in [0.1, 0.15) is 12.1 Å². The lowest BCUT2D eigenvalue weighted by molar-refractivity contribution is 0.394. The van der Waals surface area contributed by atoms with Gasteiger partial charge in [0.2, 0.25) is 17.6 Å². The van der Waals surface area contributed by atoms with E-state index in [1.807, 2.05) is 48.5 Å². The second kappa shape index (κ2) is 5.49. The fourth-order valence-corrected chi connectivity index (χ4v) is 2.26. The lowest BCUT2D eigenvalue weighted by atomic mass is 10.2. The largest absolute Gasteiger partial charge is 0.438 e. The molecule has 2 heterocycles. The molecule has 0 N–H and O–H groups in total. The molecule has 0 bridgehead atoms. The van der Waals surface area contributed by atoms with Gasteiger partial charge in [-0.1, -0.05) is 17.3 Å². The predicted molar refractivity (Wildman–Crippen MR) is 84.1 cm³/mol. The van der Waals surface area contributed by atoms with E-state index >= 15 is 0 Å². The van der Waals surface area contributed by atoms with Gasteiger partial charge in [-0.25, -0.2) is 9.97 Å². The maximum Gasteiger partial charge on any atom is 0.230 e. The molecule has 6 nitrogen and oxygen atoms in total. The minimum absolute atomic E-state index is 0.527. The molecule has 2 aromatic heterocycles. The minimum atomic E-state index is 0.527. The van der Waals surface area contributed by atoms with Crippen molar-refractivity contribution in [3.8, 4) is 23.0 Å². The van der Waals surface area contributed by atoms with Crippen molar-refractivity contribution in [3.05, 3.63) is 60.7 Å². The molecule has 4 aromatic rings. The molecule has 0 aliphatic heterocycles. The Bertz CT molecular complexity index is 958. The molecule has 0 saturated carbocycles. The van der Waals surface area contributed by atoms with E-state index in [4.69, 9.17) is 9.26 Å². The van der Waals surface area contributed by atoms with Gasteiger partial charge in [0, 0.05) is 12.5 Å². The molecule has 0 atom stereocenters. The van der Waals surface area contributed by atoms with Crippen LogP contribution in [0.5, 0.6) is 11.6 Å². The number of hydrogen-bond acceptors (Lipinski definition) is 6. The topological polar surface area (TPSA) is 73.9 Å². The van der Waals surface area contributed by atoms with Crippen molar-refractivity contribution in [2.45, 2.75) is 6.92 Å². The Balaban J connectivity index is 1.64. The highest BCUT2D eigenvalue weighted by Gasteiger charge is 2.08. The third-order valence-electron chi connectivity index (χ3n) is 3.36. The molecule has 2 aromatic carbocycles. The summed E-state index contributed by atoms with van der Waals surface area (Å²) in [6.07, 6.45) is 1.49. The van der Waals surface area contributed by atoms with Gasteiger partial charge in [-0.15, -0.1) is 0 Å². The van der Waals surface area contributed by atoms with Crippen molar-refractivity contribution >= 4 is 10.9 Å². The molecule has 0 unspecified atom stereocenters. The summed E-state index contributed by atoms with van der Waals surface area (Å²) in [5, 5.41) is 4.76. The van der Waals surface area contributed by atoms with E-state index in [2.05, 4.69) is 20.1 Å². The van der Waals surface area contributed by atoms with E-state index < -0.39 is 0 Å². The van der Waals surface area contributed by atoms with E-state index in [0.717, 1.165) is 16.5 Å². The van der Waals surface area contributed by atoms with Crippen LogP contribution in [0.15, 0.2) is 59.4 Å². The van der Waals surface area contributed by atoms with Crippen molar-refractivity contribution in [1.82, 2.24) is 20.1 Å². The van der Waals surface area contributed by atoms with Crippen molar-refractivity contribution in [2.75, 3.05) is 0 Å². The zero-order chi connectivity index (χ0) is 15.6. The first-order valence-corrected chi connectivity index (χ1v) is 7.08. The molecule has 0 aliphatic rings. The second-order valence-corrected chi connectivity index (χ2v) is 4.96. The first-order valence-electron chi connectivity index (χ1n) is 7.08. The number of aromatic nitrogens is 4. The standard InChI is InChI=1S/C17H12N4O2/c1-11-20-16(21-23-11)12-6-8-13(9-7-12)22-17-14-4-2-3-5-15(14)18-10-19-17/h2-10H,1H3. The quantitative estimate of drug-likeness (QED) is 0.573. The van der Waals surface area contributed by atoms with Crippen LogP contribution in [-0.2, 0) is 0 Å². The fraction of sp³-hybridized carbons (Fsp3) is 0.0588. The second-order valence-electron chi connectivity index (χ2n) is 4.96. The predicted octanol–water partition coefficient (Wildman–Crippen LogP) is 3.78. The molecule has 112 valence electrons. The summed E-state index contributed by atoms with van der Waals surface area (Å²) in [4.78, 5) is 12.6. The molecule has 0 radical (unpaired) electrons. The molecule has 0 aliphatic carbocycles. The van der Waals surface area contributed by atoms with Gasteiger partial charge in [-0.3, -0.25) is 0 Å². The number of para-hydroxylation sites is 1. The van der Waals surface area contributed by atoms with Gasteiger partial charge in [0.15, 0.2) is 0 Å². The van der Waals surface area contributed by atoms with E-state index in [1.165, 1.54) is 6.33 Å². The number of nitrogens with zero attached hydrogens (tertiary/aromatic N) is 4. The average molecular weight is 304 g/mol. The zero-order valence-electron chi connectivity index (χ0n) is 12.3. The van der Waals surface area contributed by atoms with Crippen LogP contribution in [0.25, 0.3) is 22.3 Å². The molecule has 0 saturated heterocycles. The van der Waals surface area contributed by atoms with E-state index in [9.17, 15) is 0 Å². The summed E-state index contributed by atoms with van der Waals surface area (Å²) in [5.74, 6) is 2.30. The Hall–Kier alpha value is -3.28. The van der Waals surface area contributed by atoms with Crippen molar-refractivity contribution < 1.29 is 9.26 Å². The summed E-state index contributed by atoms with van der Waals surface area (Å²) < 4.78 is 10.9. The number of hydrogen-bond donors (Lipinski definition) is 0. The molecule has 6 heteroatoms. The Labute approximate surface area is 131 Å². The highest BCUT2D eigenvalue weighted by atomic mass is 16.5. The summed E-state index contributed by atoms with van der Waals surface area (Å²) in [6.45, 7) is 1.76. The fourth-order valence-electron chi connectivity index (χ4n) is 2.26. The van der Waals surface area contributed by atoms with Crippen LogP contribution in [0.2, 0.25) is 0 Å². The van der Waals surface area contributed by atoms with Crippen LogP contribution in [0.4, 0.5) is 0 Å². The number of ether oxygens (including phenoxy) is 1. The van der Waals surface area contributed by atoms with Crippen molar-refractivity contribution in [1.29, 1.82) is 0 Å². The highest BCUT2D eigenvalue weighted by molar-refractivity contribution is 5.83. The smallest absolute Gasteiger partial charge is 0.230 e. The van der Waals surface area contributed by atoms with E-state index in [0.29, 0.717) is 23.3 Å². The number of fused-ring (bicyclic) bond motifs is 1. The number of aryl methyl sites for hydroxylation is 1. The van der Waals surface area contributed by atoms with Crippen LogP contribution in [0, 0.1) is 6.92 Å². The lowest BCUT2D eigenvalue weighted by Crippen LogP contribution is -1.91. The van der Waals surface area contributed by atoms with Crippen LogP contribution >= 0.6 is 0 Å². The van der Waals surface area contributed by atoms with Crippen LogP contribution in [-0.4, -0.2) is 20.1 Å². The van der Waals surface area contributed by atoms with Gasteiger partial charge in [0.05, 0.1) is 10.9 Å². The zero-order valence-corrected chi connectivity index (χ0v) is 12.3. The summed E-state index contributed by atoms with van der Waals surface area (Å²) >= 11 is 0. The Morgan fingerprint density at radius 1 is 0.957 bits per heavy atom. The first-order chi connectivity index (χ1) is 11.3. The molecule has 23 heavy (non-hydrogen) atoms. The number of benzene rings is 2. The van der Waals surface area contributed by atoms with Crippen LogP contribution in [0.3, 0.4) is 0 Å². The van der Waals surface area contributed by atoms with Crippen LogP contribution < -0.4 is 4.74 Å². The third kappa shape index (κ3) is 2.62. The molecule has 4 rings (SSSR count). The van der Waals surface area contributed by atoms with Gasteiger partial charge in [-0.2, -0.15) is 4.98 Å². The maximum atomic E-state index is 5.87. The minimum Gasteiger partial charge on any atom is -0.438 e. The monoisotopic (exact) mass is 304 g/mol. The maximum absolute atomic E-state index is 5.87. The van der Waals surface area contributed by atoms with E-state index in [-0.39, 0.29) is 0 Å². The van der Waals surface area contributed by atoms with Gasteiger partial charge >= 0.3 is 0 Å². The molecular weight excluding hydrogens is 292 g/mol. The van der Waals surface area contributed by atoms with Gasteiger partial charge in [-0.05, 0) is 36.4 Å². The summed E-state index contributed by atoms with van der Waals surface area (Å²) in [5.41, 5.74) is 1.71. The molecule has 0 amide bonds. The summed E-state index contributed by atoms with van der Waals surface area (Å²) in [6, 6.07) is 15.2. The van der Waals surface area contributed by atoms with Crippen molar-refractivity contribution in [3.63, 3.8) is 0 Å². The Morgan fingerprint density at radius 3 is 2.57 bits per heavy atom. The lowest BCUT2D eigenvalue weighted by Gasteiger charge is -2.07. The van der Waals surface area contributed by atoms with Gasteiger partial charge < -0.3 is 9.26 Å². The molecule has 0 spiro atoms. The van der Waals surface area contributed by atoms with Crippen molar-refractivity contribution in [2.24, 2.45) is 0 Å². The van der Waals surface area contributed by atoms with Gasteiger partial charge in [0.25, 0.3) is 0 Å². The third-order valence-corrected chi connectivity index (χ3v) is 3.36. The normalized spacial score (nSPS) is 10.8. The average Bonchev–Trinajstić information content (AvgIpc) is 3.02.